The molecule has 0 N–H and O–H groups in total. The third kappa shape index (κ3) is 5.35. The van der Waals surface area contributed by atoms with E-state index in [4.69, 9.17) is 46.4 Å². The molecule has 6 rings (SSSR count). The number of rotatable bonds is 7. The molecular formula is C30H32BrCl4NO2. The number of likely N-dealkylation sites (tertiary alicyclic amines) is 1. The van der Waals surface area contributed by atoms with Crippen LogP contribution in [0.25, 0.3) is 0 Å². The number of halogens is 5. The topological polar surface area (TPSA) is 37.4 Å². The van der Waals surface area contributed by atoms with Crippen LogP contribution in [-0.2, 0) is 20.4 Å². The van der Waals surface area contributed by atoms with Crippen LogP contribution in [0.5, 0.6) is 0 Å². The Morgan fingerprint density at radius 3 is 1.68 bits per heavy atom. The normalized spacial score (nSPS) is 24.7. The number of carbonyl (C=O) groups excluding carboxylic acids is 2. The number of fused-ring (bicyclic) bond motifs is 2. The molecule has 1 aliphatic heterocycles. The van der Waals surface area contributed by atoms with Gasteiger partial charge in [-0.1, -0.05) is 87.3 Å². The molecule has 0 amide bonds. The molecule has 204 valence electrons. The molecule has 4 fully saturated rings. The van der Waals surface area contributed by atoms with Gasteiger partial charge in [0, 0.05) is 12.6 Å². The van der Waals surface area contributed by atoms with Crippen molar-refractivity contribution in [2.24, 2.45) is 5.92 Å². The van der Waals surface area contributed by atoms with Crippen molar-refractivity contribution in [3.05, 3.63) is 67.6 Å². The van der Waals surface area contributed by atoms with Crippen LogP contribution in [0.2, 0.25) is 20.1 Å². The lowest BCUT2D eigenvalue weighted by Crippen LogP contribution is -2.49. The molecule has 4 aliphatic rings. The molecule has 8 heteroatoms. The maximum atomic E-state index is 13.1. The summed E-state index contributed by atoms with van der Waals surface area (Å²) in [6.45, 7) is 1.73. The highest BCUT2D eigenvalue weighted by Gasteiger charge is 2.48. The van der Waals surface area contributed by atoms with E-state index in [9.17, 15) is 9.59 Å². The summed E-state index contributed by atoms with van der Waals surface area (Å²) < 4.78 is 0. The lowest BCUT2D eigenvalue weighted by atomic mass is 9.62. The fourth-order valence-electron chi connectivity index (χ4n) is 6.79. The third-order valence-corrected chi connectivity index (χ3v) is 11.4. The summed E-state index contributed by atoms with van der Waals surface area (Å²) in [4.78, 5) is 27.5. The van der Waals surface area contributed by atoms with Crippen LogP contribution < -0.4 is 0 Å². The zero-order valence-corrected chi connectivity index (χ0v) is 25.9. The lowest BCUT2D eigenvalue weighted by Gasteiger charge is -2.42. The molecule has 2 unspecified atom stereocenters. The second kappa shape index (κ2) is 11.7. The molecular weight excluding hydrogens is 628 g/mol. The van der Waals surface area contributed by atoms with Gasteiger partial charge in [-0.2, -0.15) is 0 Å². The van der Waals surface area contributed by atoms with Gasteiger partial charge in [-0.25, -0.2) is 0 Å². The zero-order valence-electron chi connectivity index (χ0n) is 21.3. The maximum Gasteiger partial charge on any atom is 0.157 e. The molecule has 0 spiro atoms. The van der Waals surface area contributed by atoms with Crippen LogP contribution in [-0.4, -0.2) is 40.9 Å². The van der Waals surface area contributed by atoms with Gasteiger partial charge in [0.25, 0.3) is 0 Å². The first-order chi connectivity index (χ1) is 18.2. The number of nitrogens with zero attached hydrogens (tertiary/aromatic N) is 1. The Morgan fingerprint density at radius 2 is 1.32 bits per heavy atom. The van der Waals surface area contributed by atoms with E-state index in [1.165, 1.54) is 19.3 Å². The molecule has 3 aliphatic carbocycles. The highest BCUT2D eigenvalue weighted by atomic mass is 79.9. The van der Waals surface area contributed by atoms with E-state index in [0.29, 0.717) is 43.8 Å². The molecule has 2 atom stereocenters. The average molecular weight is 660 g/mol. The molecule has 0 aromatic heterocycles. The van der Waals surface area contributed by atoms with Crippen molar-refractivity contribution in [2.45, 2.75) is 74.7 Å². The largest absolute Gasteiger partial charge is 0.298 e. The van der Waals surface area contributed by atoms with Gasteiger partial charge < -0.3 is 0 Å². The number of benzene rings is 2. The van der Waals surface area contributed by atoms with Gasteiger partial charge in [0.1, 0.15) is 0 Å². The first-order valence-corrected chi connectivity index (χ1v) is 16.1. The van der Waals surface area contributed by atoms with E-state index in [1.807, 2.05) is 30.3 Å². The highest BCUT2D eigenvalue weighted by Crippen LogP contribution is 2.48. The van der Waals surface area contributed by atoms with Crippen molar-refractivity contribution < 1.29 is 9.59 Å². The van der Waals surface area contributed by atoms with Gasteiger partial charge in [0.05, 0.1) is 42.8 Å². The van der Waals surface area contributed by atoms with Gasteiger partial charge in [0.15, 0.2) is 11.6 Å². The highest BCUT2D eigenvalue weighted by molar-refractivity contribution is 9.09. The Kier molecular flexibility index (Phi) is 8.90. The standard InChI is InChI=1S/C18H21Cl2NO.C12H11BrCl2O/c19-15-5-3-13(9-16(15)20)18(6-1-7-18)17(22)11-21-10-12-2-4-14(21)8-12;13-7-11(16)12(4-1-5-12)8-2-3-9(14)10(15)6-8/h3,5,9,12,14H,1-2,4,6-8,10-11H2;2-3,6H,1,4-5,7H2. The van der Waals surface area contributed by atoms with Crippen LogP contribution in [0.3, 0.4) is 0 Å². The Hall–Kier alpha value is -0.620. The Balaban J connectivity index is 0.000000163. The summed E-state index contributed by atoms with van der Waals surface area (Å²) >= 11 is 27.3. The fourth-order valence-corrected chi connectivity index (χ4v) is 7.92. The summed E-state index contributed by atoms with van der Waals surface area (Å²) in [5.74, 6) is 1.45. The second-order valence-electron chi connectivity index (χ2n) is 11.4. The first-order valence-electron chi connectivity index (χ1n) is 13.5. The number of alkyl halides is 1. The maximum absolute atomic E-state index is 13.1. The monoisotopic (exact) mass is 657 g/mol. The van der Waals surface area contributed by atoms with Crippen LogP contribution in [0.4, 0.5) is 0 Å². The van der Waals surface area contributed by atoms with Crippen molar-refractivity contribution in [3.63, 3.8) is 0 Å². The van der Waals surface area contributed by atoms with Crippen LogP contribution >= 0.6 is 62.3 Å². The number of hydrogen-bond acceptors (Lipinski definition) is 3. The minimum atomic E-state index is -0.322. The molecule has 3 nitrogen and oxygen atoms in total. The molecule has 38 heavy (non-hydrogen) atoms. The zero-order chi connectivity index (χ0) is 27.1. The predicted molar refractivity (Wildman–Crippen MR) is 160 cm³/mol. The van der Waals surface area contributed by atoms with Crippen LogP contribution in [0.15, 0.2) is 36.4 Å². The smallest absolute Gasteiger partial charge is 0.157 e. The number of ketones is 2. The van der Waals surface area contributed by atoms with E-state index in [0.717, 1.165) is 62.1 Å². The van der Waals surface area contributed by atoms with E-state index >= 15 is 0 Å². The number of Topliss-reactive ketones (excluding diaryl/α,β-unsaturated/α-hetero) is 2. The quantitative estimate of drug-likeness (QED) is 0.279. The minimum Gasteiger partial charge on any atom is -0.298 e. The van der Waals surface area contributed by atoms with E-state index in [-0.39, 0.29) is 16.6 Å². The molecule has 2 bridgehead atoms. The van der Waals surface area contributed by atoms with Crippen LogP contribution in [0, 0.1) is 5.92 Å². The van der Waals surface area contributed by atoms with Gasteiger partial charge in [-0.3, -0.25) is 14.5 Å². The van der Waals surface area contributed by atoms with Crippen LogP contribution in [0.1, 0.15) is 68.9 Å². The van der Waals surface area contributed by atoms with Gasteiger partial charge in [-0.05, 0) is 86.3 Å². The molecule has 3 saturated carbocycles. The Bertz CT molecular complexity index is 1230. The molecule has 0 radical (unpaired) electrons. The SMILES string of the molecule is O=C(CBr)C1(c2ccc(Cl)c(Cl)c2)CCC1.O=C(CN1CC2CCC1C2)C1(c2ccc(Cl)c(Cl)c2)CCC1. The van der Waals surface area contributed by atoms with Gasteiger partial charge in [-0.15, -0.1) is 0 Å². The lowest BCUT2D eigenvalue weighted by molar-refractivity contribution is -0.129. The summed E-state index contributed by atoms with van der Waals surface area (Å²) in [5, 5.41) is 2.56. The summed E-state index contributed by atoms with van der Waals surface area (Å²) in [6.07, 6.45) is 9.87. The van der Waals surface area contributed by atoms with Crippen molar-refractivity contribution in [2.75, 3.05) is 18.4 Å². The number of hydrogen-bond donors (Lipinski definition) is 0. The second-order valence-corrected chi connectivity index (χ2v) is 13.6. The van der Waals surface area contributed by atoms with E-state index in [2.05, 4.69) is 20.8 Å². The summed E-state index contributed by atoms with van der Waals surface area (Å²) in [7, 11) is 0. The van der Waals surface area contributed by atoms with E-state index in [1.54, 1.807) is 6.07 Å². The van der Waals surface area contributed by atoms with E-state index < -0.39 is 0 Å². The Labute approximate surface area is 253 Å². The Morgan fingerprint density at radius 1 is 0.789 bits per heavy atom. The van der Waals surface area contributed by atoms with Crippen molar-refractivity contribution >= 4 is 73.9 Å². The molecule has 2 aromatic rings. The van der Waals surface area contributed by atoms with Crippen molar-refractivity contribution in [1.29, 1.82) is 0 Å². The molecule has 2 aromatic carbocycles. The molecule has 1 saturated heterocycles. The predicted octanol–water partition coefficient (Wildman–Crippen LogP) is 8.85. The van der Waals surface area contributed by atoms with Crippen molar-refractivity contribution in [3.8, 4) is 0 Å². The minimum absolute atomic E-state index is 0.233. The fraction of sp³-hybridized carbons (Fsp3) is 0.533. The van der Waals surface area contributed by atoms with Gasteiger partial charge >= 0.3 is 0 Å². The van der Waals surface area contributed by atoms with Crippen molar-refractivity contribution in [1.82, 2.24) is 4.90 Å². The average Bonchev–Trinajstić information content (AvgIpc) is 3.46. The van der Waals surface area contributed by atoms with Gasteiger partial charge in [0.2, 0.25) is 0 Å². The first kappa shape index (κ1) is 28.9. The number of carbonyl (C=O) groups is 2. The number of piperidine rings is 1. The summed E-state index contributed by atoms with van der Waals surface area (Å²) in [5.41, 5.74) is 1.42. The third-order valence-electron chi connectivity index (χ3n) is 9.42. The molecule has 1 heterocycles. The summed E-state index contributed by atoms with van der Waals surface area (Å²) in [6, 6.07) is 11.9.